The molecule has 0 spiro atoms. The second kappa shape index (κ2) is 7.66. The van der Waals surface area contributed by atoms with Crippen LogP contribution >= 0.6 is 0 Å². The number of carboxylic acids is 1. The van der Waals surface area contributed by atoms with Crippen molar-refractivity contribution in [2.75, 3.05) is 6.61 Å². The number of aliphatic hydroxyl groups is 3. The van der Waals surface area contributed by atoms with Gasteiger partial charge in [0.15, 0.2) is 0 Å². The molecule has 11 atom stereocenters. The summed E-state index contributed by atoms with van der Waals surface area (Å²) in [4.78, 5) is 26.9. The highest BCUT2D eigenvalue weighted by atomic mass is 16.4. The molecule has 0 heterocycles. The number of carboxylic acid groups (broad SMARTS) is 1. The Balaban J connectivity index is 1.67. The molecular formula is C30H46O6. The van der Waals surface area contributed by atoms with Crippen molar-refractivity contribution < 1.29 is 30.0 Å². The van der Waals surface area contributed by atoms with E-state index in [0.717, 1.165) is 18.4 Å². The molecule has 6 nitrogen and oxygen atoms in total. The third-order valence-corrected chi connectivity index (χ3v) is 13.2. The average molecular weight is 503 g/mol. The Labute approximate surface area is 215 Å². The molecule has 0 radical (unpaired) electrons. The normalized spacial score (nSPS) is 56.5. The maximum Gasteiger partial charge on any atom is 0.310 e. The van der Waals surface area contributed by atoms with E-state index in [2.05, 4.69) is 26.8 Å². The van der Waals surface area contributed by atoms with Gasteiger partial charge in [-0.05, 0) is 80.0 Å². The number of aliphatic hydroxyl groups excluding tert-OH is 2. The van der Waals surface area contributed by atoms with Crippen LogP contribution < -0.4 is 0 Å². The monoisotopic (exact) mass is 502 g/mol. The van der Waals surface area contributed by atoms with Crippen LogP contribution in [0.3, 0.4) is 0 Å². The first kappa shape index (κ1) is 26.4. The summed E-state index contributed by atoms with van der Waals surface area (Å²) in [5, 5.41) is 43.7. The zero-order valence-corrected chi connectivity index (χ0v) is 22.9. The molecule has 0 aromatic carbocycles. The molecule has 5 aliphatic rings. The minimum atomic E-state index is -1.14. The first-order valence-electron chi connectivity index (χ1n) is 14.0. The molecule has 0 aliphatic heterocycles. The summed E-state index contributed by atoms with van der Waals surface area (Å²) in [6.45, 7) is 12.2. The highest BCUT2D eigenvalue weighted by Crippen LogP contribution is 2.75. The lowest BCUT2D eigenvalue weighted by Crippen LogP contribution is -2.69. The maximum absolute atomic E-state index is 14.1. The van der Waals surface area contributed by atoms with E-state index in [9.17, 15) is 30.0 Å². The van der Waals surface area contributed by atoms with Gasteiger partial charge in [-0.3, -0.25) is 9.59 Å². The molecule has 202 valence electrons. The SMILES string of the molecule is C[C@@H]1CC[C@]2(C(=O)O)CC[C@]3(C)C(=CC[C@@H]4[C@@]5(C)CC[C@H](O)[C@@](C)(CO)[C@@H]5C(=O)C[C@]43C)[C@@H]2[C@]1(C)O. The van der Waals surface area contributed by atoms with E-state index >= 15 is 0 Å². The second-order valence-electron chi connectivity index (χ2n) is 14.6. The minimum Gasteiger partial charge on any atom is -0.481 e. The smallest absolute Gasteiger partial charge is 0.310 e. The molecular weight excluding hydrogens is 456 g/mol. The molecule has 0 saturated heterocycles. The number of ketones is 1. The van der Waals surface area contributed by atoms with Crippen LogP contribution in [-0.2, 0) is 9.59 Å². The molecule has 6 heteroatoms. The number of carbonyl (C=O) groups excluding carboxylic acids is 1. The summed E-state index contributed by atoms with van der Waals surface area (Å²) in [6.07, 6.45) is 6.40. The minimum absolute atomic E-state index is 0.0104. The van der Waals surface area contributed by atoms with Gasteiger partial charge in [-0.1, -0.05) is 46.3 Å². The van der Waals surface area contributed by atoms with Crippen molar-refractivity contribution in [2.24, 2.45) is 50.7 Å². The van der Waals surface area contributed by atoms with Gasteiger partial charge in [0.25, 0.3) is 0 Å². The fraction of sp³-hybridized carbons (Fsp3) is 0.867. The van der Waals surface area contributed by atoms with Crippen LogP contribution in [0.25, 0.3) is 0 Å². The van der Waals surface area contributed by atoms with Crippen LogP contribution in [0.4, 0.5) is 0 Å². The molecule has 0 bridgehead atoms. The fourth-order valence-corrected chi connectivity index (χ4v) is 10.7. The predicted octanol–water partition coefficient (Wildman–Crippen LogP) is 4.36. The first-order chi connectivity index (χ1) is 16.6. The largest absolute Gasteiger partial charge is 0.481 e. The number of fused-ring (bicyclic) bond motifs is 7. The van der Waals surface area contributed by atoms with E-state index in [1.165, 1.54) is 0 Å². The van der Waals surface area contributed by atoms with E-state index < -0.39 is 45.8 Å². The lowest BCUT2D eigenvalue weighted by molar-refractivity contribution is -0.219. The van der Waals surface area contributed by atoms with Gasteiger partial charge in [0.1, 0.15) is 5.78 Å². The Morgan fingerprint density at radius 3 is 2.31 bits per heavy atom. The van der Waals surface area contributed by atoms with Crippen LogP contribution in [0.5, 0.6) is 0 Å². The number of carbonyl (C=O) groups is 2. The topological polar surface area (TPSA) is 115 Å². The highest BCUT2D eigenvalue weighted by molar-refractivity contribution is 5.85. The highest BCUT2D eigenvalue weighted by Gasteiger charge is 2.73. The lowest BCUT2D eigenvalue weighted by atomic mass is 9.33. The number of aliphatic carboxylic acids is 1. The third-order valence-electron chi connectivity index (χ3n) is 13.2. The van der Waals surface area contributed by atoms with Crippen LogP contribution in [-0.4, -0.2) is 50.5 Å². The van der Waals surface area contributed by atoms with Gasteiger partial charge in [-0.15, -0.1) is 0 Å². The third kappa shape index (κ3) is 2.85. The van der Waals surface area contributed by atoms with Gasteiger partial charge >= 0.3 is 5.97 Å². The molecule has 36 heavy (non-hydrogen) atoms. The second-order valence-corrected chi connectivity index (χ2v) is 14.6. The van der Waals surface area contributed by atoms with Gasteiger partial charge in [-0.2, -0.15) is 0 Å². The number of hydrogen-bond donors (Lipinski definition) is 4. The molecule has 4 fully saturated rings. The van der Waals surface area contributed by atoms with E-state index in [4.69, 9.17) is 0 Å². The van der Waals surface area contributed by atoms with Gasteiger partial charge in [0, 0.05) is 23.7 Å². The van der Waals surface area contributed by atoms with E-state index in [1.54, 1.807) is 0 Å². The average Bonchev–Trinajstić information content (AvgIpc) is 2.79. The van der Waals surface area contributed by atoms with E-state index in [-0.39, 0.29) is 35.1 Å². The standard InChI is InChI=1S/C30H46O6/c1-17-9-12-30(24(34)35)14-13-27(4)18(22(30)29(17,6)36)7-8-20-25(2)11-10-21(33)26(3,16-31)23(25)19(32)15-28(20,27)5/h7,17,20-23,31,33,36H,8-16H2,1-6H3,(H,34,35)/t17-,20-,21+,22-,23-,25-,26-,27-,28-,29-,30+/m1/s1. The fourth-order valence-electron chi connectivity index (χ4n) is 10.7. The molecule has 0 unspecified atom stereocenters. The van der Waals surface area contributed by atoms with Crippen molar-refractivity contribution in [3.8, 4) is 0 Å². The van der Waals surface area contributed by atoms with Crippen molar-refractivity contribution in [1.82, 2.24) is 0 Å². The van der Waals surface area contributed by atoms with Crippen LogP contribution in [0.15, 0.2) is 11.6 Å². The van der Waals surface area contributed by atoms with Crippen molar-refractivity contribution in [2.45, 2.75) is 105 Å². The lowest BCUT2D eigenvalue weighted by Gasteiger charge is -2.71. The van der Waals surface area contributed by atoms with Crippen LogP contribution in [0.2, 0.25) is 0 Å². The Morgan fingerprint density at radius 2 is 1.69 bits per heavy atom. The summed E-state index contributed by atoms with van der Waals surface area (Å²) in [7, 11) is 0. The van der Waals surface area contributed by atoms with Crippen molar-refractivity contribution in [3.63, 3.8) is 0 Å². The van der Waals surface area contributed by atoms with Gasteiger partial charge in [0.05, 0.1) is 23.7 Å². The van der Waals surface area contributed by atoms with Crippen LogP contribution in [0.1, 0.15) is 92.9 Å². The first-order valence-corrected chi connectivity index (χ1v) is 14.0. The molecule has 4 N–H and O–H groups in total. The predicted molar refractivity (Wildman–Crippen MR) is 136 cm³/mol. The van der Waals surface area contributed by atoms with Gasteiger partial charge < -0.3 is 20.4 Å². The molecule has 0 amide bonds. The van der Waals surface area contributed by atoms with Gasteiger partial charge in [-0.25, -0.2) is 0 Å². The molecule has 5 rings (SSSR count). The Bertz CT molecular complexity index is 1020. The number of Topliss-reactive ketones (excluding diaryl/α,β-unsaturated/α-hetero) is 1. The summed E-state index contributed by atoms with van der Waals surface area (Å²) in [5.41, 5.74) is -3.07. The Kier molecular flexibility index (Phi) is 5.61. The van der Waals surface area contributed by atoms with Crippen molar-refractivity contribution in [1.29, 1.82) is 0 Å². The summed E-state index contributed by atoms with van der Waals surface area (Å²) in [5.74, 6) is -1.41. The van der Waals surface area contributed by atoms with Crippen molar-refractivity contribution >= 4 is 11.8 Å². The van der Waals surface area contributed by atoms with Gasteiger partial charge in [0.2, 0.25) is 0 Å². The summed E-state index contributed by atoms with van der Waals surface area (Å²) >= 11 is 0. The molecule has 0 aromatic heterocycles. The van der Waals surface area contributed by atoms with E-state index in [1.807, 2.05) is 20.8 Å². The summed E-state index contributed by atoms with van der Waals surface area (Å²) < 4.78 is 0. The zero-order chi connectivity index (χ0) is 26.7. The zero-order valence-electron chi connectivity index (χ0n) is 22.9. The Morgan fingerprint density at radius 1 is 1.03 bits per heavy atom. The van der Waals surface area contributed by atoms with E-state index in [0.29, 0.717) is 38.5 Å². The molecule has 4 saturated carbocycles. The maximum atomic E-state index is 14.1. The molecule has 5 aliphatic carbocycles. The quantitative estimate of drug-likeness (QED) is 0.417. The number of allylic oxidation sites excluding steroid dienone is 1. The number of hydrogen-bond acceptors (Lipinski definition) is 5. The number of rotatable bonds is 2. The van der Waals surface area contributed by atoms with Crippen molar-refractivity contribution in [3.05, 3.63) is 11.6 Å². The summed E-state index contributed by atoms with van der Waals surface area (Å²) in [6, 6.07) is 0. The Hall–Kier alpha value is -1.24. The molecule has 0 aromatic rings. The van der Waals surface area contributed by atoms with Crippen LogP contribution in [0, 0.1) is 50.7 Å².